The van der Waals surface area contributed by atoms with Gasteiger partial charge in [0.1, 0.15) is 12.2 Å². The summed E-state index contributed by atoms with van der Waals surface area (Å²) in [5.41, 5.74) is 0. The molecule has 0 radical (unpaired) electrons. The van der Waals surface area contributed by atoms with E-state index < -0.39 is 0 Å². The van der Waals surface area contributed by atoms with E-state index in [1.54, 1.807) is 17.7 Å². The average Bonchev–Trinajstić information content (AvgIpc) is 2.89. The fourth-order valence-corrected chi connectivity index (χ4v) is 2.81. The van der Waals surface area contributed by atoms with Gasteiger partial charge >= 0.3 is 0 Å². The largest absolute Gasteiger partial charge is 0.312 e. The van der Waals surface area contributed by atoms with Crippen LogP contribution in [0.2, 0.25) is 0 Å². The van der Waals surface area contributed by atoms with Gasteiger partial charge in [0.05, 0.1) is 0 Å². The number of thiophene rings is 1. The van der Waals surface area contributed by atoms with E-state index in [1.807, 2.05) is 0 Å². The maximum Gasteiger partial charge on any atom is 0.137 e. The molecule has 6 heteroatoms. The summed E-state index contributed by atoms with van der Waals surface area (Å²) in [5.74, 6) is 0.959. The molecule has 0 fully saturated rings. The van der Waals surface area contributed by atoms with E-state index in [0.29, 0.717) is 0 Å². The number of aromatic nitrogens is 3. The Morgan fingerprint density at radius 1 is 1.50 bits per heavy atom. The predicted molar refractivity (Wildman–Crippen MR) is 68.4 cm³/mol. The van der Waals surface area contributed by atoms with E-state index in [2.05, 4.69) is 47.9 Å². The number of hydrogen-bond donors (Lipinski definition) is 2. The van der Waals surface area contributed by atoms with Crippen LogP contribution >= 0.6 is 27.3 Å². The van der Waals surface area contributed by atoms with Gasteiger partial charge in [0.15, 0.2) is 0 Å². The third-order valence-electron chi connectivity index (χ3n) is 2.15. The van der Waals surface area contributed by atoms with Crippen LogP contribution in [-0.2, 0) is 13.0 Å². The highest BCUT2D eigenvalue weighted by atomic mass is 79.9. The molecule has 0 aromatic carbocycles. The number of nitrogens with one attached hydrogen (secondary N) is 2. The van der Waals surface area contributed by atoms with Crippen LogP contribution in [-0.4, -0.2) is 21.7 Å². The molecule has 0 spiro atoms. The van der Waals surface area contributed by atoms with Gasteiger partial charge in [0.25, 0.3) is 0 Å². The van der Waals surface area contributed by atoms with Crippen molar-refractivity contribution in [2.75, 3.05) is 6.54 Å². The summed E-state index contributed by atoms with van der Waals surface area (Å²) in [6.07, 6.45) is 3.56. The molecule has 2 rings (SSSR count). The highest BCUT2D eigenvalue weighted by Gasteiger charge is 1.98. The minimum Gasteiger partial charge on any atom is -0.312 e. The first-order chi connectivity index (χ1) is 7.84. The van der Waals surface area contributed by atoms with E-state index in [0.717, 1.165) is 36.2 Å². The van der Waals surface area contributed by atoms with Crippen molar-refractivity contribution in [1.82, 2.24) is 20.5 Å². The predicted octanol–water partition coefficient (Wildman–Crippen LogP) is 2.35. The Bertz CT molecular complexity index is 412. The van der Waals surface area contributed by atoms with Crippen LogP contribution in [0.15, 0.2) is 22.2 Å². The van der Waals surface area contributed by atoms with Gasteiger partial charge in [-0.1, -0.05) is 0 Å². The number of H-pyrrole nitrogens is 1. The van der Waals surface area contributed by atoms with Gasteiger partial charge in [-0.25, -0.2) is 4.98 Å². The normalized spacial score (nSPS) is 10.8. The summed E-state index contributed by atoms with van der Waals surface area (Å²) in [6, 6.07) is 2.15. The van der Waals surface area contributed by atoms with Crippen LogP contribution in [0.4, 0.5) is 0 Å². The second-order valence-electron chi connectivity index (χ2n) is 3.44. The summed E-state index contributed by atoms with van der Waals surface area (Å²) in [4.78, 5) is 5.43. The Labute approximate surface area is 107 Å². The molecule has 0 amide bonds. The standard InChI is InChI=1S/C10H13BrN4S/c11-8-4-9(16-6-8)5-12-3-1-2-10-13-7-14-15-10/h4,6-7,12H,1-3,5H2,(H,13,14,15). The van der Waals surface area contributed by atoms with Crippen LogP contribution in [0.25, 0.3) is 0 Å². The molecule has 0 bridgehead atoms. The van der Waals surface area contributed by atoms with E-state index in [1.165, 1.54) is 4.88 Å². The van der Waals surface area contributed by atoms with Crippen molar-refractivity contribution >= 4 is 27.3 Å². The molecule has 2 aromatic rings. The highest BCUT2D eigenvalue weighted by Crippen LogP contribution is 2.19. The Morgan fingerprint density at radius 2 is 2.44 bits per heavy atom. The van der Waals surface area contributed by atoms with E-state index in [9.17, 15) is 0 Å². The number of nitrogens with zero attached hydrogens (tertiary/aromatic N) is 2. The number of aromatic amines is 1. The maximum absolute atomic E-state index is 4.08. The molecule has 0 saturated heterocycles. The maximum atomic E-state index is 4.08. The quantitative estimate of drug-likeness (QED) is 0.805. The molecule has 2 aromatic heterocycles. The molecule has 0 atom stereocenters. The molecule has 2 heterocycles. The van der Waals surface area contributed by atoms with E-state index in [4.69, 9.17) is 0 Å². The minimum atomic E-state index is 0.937. The third kappa shape index (κ3) is 3.70. The molecular weight excluding hydrogens is 288 g/mol. The Kier molecular flexibility index (Phi) is 4.50. The second-order valence-corrected chi connectivity index (χ2v) is 5.36. The molecule has 2 N–H and O–H groups in total. The summed E-state index contributed by atoms with van der Waals surface area (Å²) < 4.78 is 1.16. The number of hydrogen-bond acceptors (Lipinski definition) is 4. The van der Waals surface area contributed by atoms with Gasteiger partial charge in [0.2, 0.25) is 0 Å². The number of rotatable bonds is 6. The SMILES string of the molecule is Brc1csc(CNCCCc2ncn[nH]2)c1. The van der Waals surface area contributed by atoms with Crippen LogP contribution in [0, 0.1) is 0 Å². The molecule has 0 aliphatic carbocycles. The molecule has 0 aliphatic rings. The minimum absolute atomic E-state index is 0.937. The van der Waals surface area contributed by atoms with Crippen molar-refractivity contribution in [2.45, 2.75) is 19.4 Å². The van der Waals surface area contributed by atoms with Gasteiger partial charge in [0, 0.05) is 27.7 Å². The van der Waals surface area contributed by atoms with Gasteiger partial charge in [-0.2, -0.15) is 5.10 Å². The lowest BCUT2D eigenvalue weighted by atomic mass is 10.3. The Morgan fingerprint density at radius 3 is 3.12 bits per heavy atom. The summed E-state index contributed by atoms with van der Waals surface area (Å²) in [6.45, 7) is 1.93. The number of halogens is 1. The molecular formula is C10H13BrN4S. The Balaban J connectivity index is 1.59. The lowest BCUT2D eigenvalue weighted by Crippen LogP contribution is -2.14. The average molecular weight is 301 g/mol. The zero-order valence-electron chi connectivity index (χ0n) is 8.74. The second kappa shape index (κ2) is 6.12. The van der Waals surface area contributed by atoms with Crippen molar-refractivity contribution in [3.05, 3.63) is 32.9 Å². The monoisotopic (exact) mass is 300 g/mol. The zero-order chi connectivity index (χ0) is 11.2. The third-order valence-corrected chi connectivity index (χ3v) is 3.85. The van der Waals surface area contributed by atoms with Crippen molar-refractivity contribution in [3.63, 3.8) is 0 Å². The smallest absolute Gasteiger partial charge is 0.137 e. The lowest BCUT2D eigenvalue weighted by molar-refractivity contribution is 0.644. The van der Waals surface area contributed by atoms with E-state index in [-0.39, 0.29) is 0 Å². The first-order valence-corrected chi connectivity index (χ1v) is 6.80. The molecule has 86 valence electrons. The molecule has 0 aliphatic heterocycles. The van der Waals surface area contributed by atoms with Crippen LogP contribution in [0.3, 0.4) is 0 Å². The van der Waals surface area contributed by atoms with Crippen LogP contribution in [0.1, 0.15) is 17.1 Å². The number of aryl methyl sites for hydroxylation is 1. The summed E-state index contributed by atoms with van der Waals surface area (Å²) in [5, 5.41) is 12.2. The topological polar surface area (TPSA) is 53.6 Å². The first-order valence-electron chi connectivity index (χ1n) is 5.12. The van der Waals surface area contributed by atoms with Crippen LogP contribution < -0.4 is 5.32 Å². The summed E-state index contributed by atoms with van der Waals surface area (Å²) >= 11 is 5.21. The fourth-order valence-electron chi connectivity index (χ4n) is 1.39. The van der Waals surface area contributed by atoms with Crippen LogP contribution in [0.5, 0.6) is 0 Å². The van der Waals surface area contributed by atoms with Gasteiger partial charge < -0.3 is 5.32 Å². The molecule has 0 unspecified atom stereocenters. The lowest BCUT2D eigenvalue weighted by Gasteiger charge is -2.01. The summed E-state index contributed by atoms with van der Waals surface area (Å²) in [7, 11) is 0. The van der Waals surface area contributed by atoms with Gasteiger partial charge in [-0.05, 0) is 35.0 Å². The molecule has 16 heavy (non-hydrogen) atoms. The fraction of sp³-hybridized carbons (Fsp3) is 0.400. The zero-order valence-corrected chi connectivity index (χ0v) is 11.1. The van der Waals surface area contributed by atoms with E-state index >= 15 is 0 Å². The van der Waals surface area contributed by atoms with Crippen molar-refractivity contribution in [3.8, 4) is 0 Å². The molecule has 0 saturated carbocycles. The first kappa shape index (κ1) is 11.8. The highest BCUT2D eigenvalue weighted by molar-refractivity contribution is 9.10. The molecule has 4 nitrogen and oxygen atoms in total. The van der Waals surface area contributed by atoms with Crippen molar-refractivity contribution in [1.29, 1.82) is 0 Å². The van der Waals surface area contributed by atoms with Crippen molar-refractivity contribution in [2.24, 2.45) is 0 Å². The van der Waals surface area contributed by atoms with Gasteiger partial charge in [-0.15, -0.1) is 11.3 Å². The van der Waals surface area contributed by atoms with Gasteiger partial charge in [-0.3, -0.25) is 5.10 Å². The Hall–Kier alpha value is -0.720. The van der Waals surface area contributed by atoms with Crippen molar-refractivity contribution < 1.29 is 0 Å².